The van der Waals surface area contributed by atoms with Gasteiger partial charge in [-0.05, 0) is 62.4 Å². The topological polar surface area (TPSA) is 50.7 Å². The maximum atomic E-state index is 12.5. The van der Waals surface area contributed by atoms with Crippen molar-refractivity contribution in [1.82, 2.24) is 5.32 Å². The molecule has 2 aromatic rings. The molecule has 1 saturated heterocycles. The van der Waals surface area contributed by atoms with Crippen LogP contribution in [0.5, 0.6) is 0 Å². The quantitative estimate of drug-likeness (QED) is 0.808. The first kappa shape index (κ1) is 18.2. The van der Waals surface area contributed by atoms with E-state index in [1.54, 1.807) is 0 Å². The van der Waals surface area contributed by atoms with E-state index in [2.05, 4.69) is 5.32 Å². The average molecular weight is 350 g/mol. The first-order valence-electron chi connectivity index (χ1n) is 9.18. The highest BCUT2D eigenvalue weighted by atomic mass is 16.5. The summed E-state index contributed by atoms with van der Waals surface area (Å²) < 4.78 is 5.49. The van der Waals surface area contributed by atoms with Crippen LogP contribution in [0.2, 0.25) is 0 Å². The highest BCUT2D eigenvalue weighted by molar-refractivity contribution is 5.92. The number of nitrogens with one attached hydrogen (secondary N) is 1. The van der Waals surface area contributed by atoms with Crippen molar-refractivity contribution in [3.63, 3.8) is 0 Å². The summed E-state index contributed by atoms with van der Waals surface area (Å²) in [7, 11) is 0. The molecule has 0 aliphatic carbocycles. The van der Waals surface area contributed by atoms with Crippen molar-refractivity contribution in [2.24, 2.45) is 4.99 Å². The van der Waals surface area contributed by atoms with Crippen molar-refractivity contribution in [1.29, 1.82) is 0 Å². The Morgan fingerprint density at radius 1 is 1.08 bits per heavy atom. The van der Waals surface area contributed by atoms with E-state index in [1.807, 2.05) is 57.2 Å². The number of hydrogen-bond donors (Lipinski definition) is 1. The molecule has 26 heavy (non-hydrogen) atoms. The zero-order chi connectivity index (χ0) is 18.5. The first-order valence-corrected chi connectivity index (χ1v) is 9.18. The molecular weight excluding hydrogens is 324 g/mol. The Balaban J connectivity index is 1.72. The lowest BCUT2D eigenvalue weighted by Gasteiger charge is -2.16. The number of amidine groups is 1. The average Bonchev–Trinajstić information content (AvgIpc) is 2.64. The molecule has 136 valence electrons. The molecule has 0 bridgehead atoms. The molecule has 4 nitrogen and oxygen atoms in total. The molecule has 1 heterocycles. The summed E-state index contributed by atoms with van der Waals surface area (Å²) >= 11 is 0. The van der Waals surface area contributed by atoms with Crippen LogP contribution < -0.4 is 5.32 Å². The minimum atomic E-state index is -0.291. The fourth-order valence-electron chi connectivity index (χ4n) is 3.03. The predicted octanol–water partition coefficient (Wildman–Crippen LogP) is 4.77. The minimum Gasteiger partial charge on any atom is -0.457 e. The number of esters is 1. The summed E-state index contributed by atoms with van der Waals surface area (Å²) in [6, 6.07) is 11.9. The molecule has 0 unspecified atom stereocenters. The molecule has 0 saturated carbocycles. The molecule has 1 aliphatic heterocycles. The SMILES string of the molecule is Cc1ccc(COC(=O)c2cc(C)c(/N=C3\CCCCN3)cc2C)cc1. The molecule has 0 atom stereocenters. The van der Waals surface area contributed by atoms with Crippen molar-refractivity contribution in [2.75, 3.05) is 6.54 Å². The number of rotatable bonds is 4. The van der Waals surface area contributed by atoms with Crippen LogP contribution >= 0.6 is 0 Å². The van der Waals surface area contributed by atoms with Gasteiger partial charge in [0.15, 0.2) is 0 Å². The Morgan fingerprint density at radius 3 is 2.54 bits per heavy atom. The van der Waals surface area contributed by atoms with Crippen LogP contribution in [0.1, 0.15) is 51.9 Å². The second kappa shape index (κ2) is 8.17. The van der Waals surface area contributed by atoms with E-state index in [0.29, 0.717) is 5.56 Å². The van der Waals surface area contributed by atoms with Crippen LogP contribution in [0.4, 0.5) is 5.69 Å². The van der Waals surface area contributed by atoms with Crippen molar-refractivity contribution < 1.29 is 9.53 Å². The maximum absolute atomic E-state index is 12.5. The van der Waals surface area contributed by atoms with Gasteiger partial charge in [0.05, 0.1) is 11.3 Å². The molecule has 1 N–H and O–H groups in total. The van der Waals surface area contributed by atoms with Crippen LogP contribution in [0.15, 0.2) is 41.4 Å². The summed E-state index contributed by atoms with van der Waals surface area (Å²) in [4.78, 5) is 17.2. The number of piperidine rings is 1. The number of ether oxygens (including phenoxy) is 1. The fraction of sp³-hybridized carbons (Fsp3) is 0.364. The Labute approximate surface area is 155 Å². The van der Waals surface area contributed by atoms with Crippen LogP contribution in [-0.4, -0.2) is 18.3 Å². The van der Waals surface area contributed by atoms with Crippen LogP contribution in [0, 0.1) is 20.8 Å². The second-order valence-electron chi connectivity index (χ2n) is 6.96. The van der Waals surface area contributed by atoms with Gasteiger partial charge >= 0.3 is 5.97 Å². The van der Waals surface area contributed by atoms with Crippen LogP contribution in [-0.2, 0) is 11.3 Å². The van der Waals surface area contributed by atoms with E-state index in [4.69, 9.17) is 9.73 Å². The number of hydrogen-bond acceptors (Lipinski definition) is 3. The van der Waals surface area contributed by atoms with Crippen molar-refractivity contribution in [3.8, 4) is 0 Å². The molecular formula is C22H26N2O2. The van der Waals surface area contributed by atoms with Gasteiger partial charge in [0.25, 0.3) is 0 Å². The highest BCUT2D eigenvalue weighted by Gasteiger charge is 2.14. The smallest absolute Gasteiger partial charge is 0.338 e. The molecule has 0 spiro atoms. The van der Waals surface area contributed by atoms with Gasteiger partial charge in [-0.1, -0.05) is 29.8 Å². The van der Waals surface area contributed by atoms with Gasteiger partial charge in [0.2, 0.25) is 0 Å². The lowest BCUT2D eigenvalue weighted by atomic mass is 10.0. The van der Waals surface area contributed by atoms with Gasteiger partial charge in [0, 0.05) is 13.0 Å². The molecule has 1 fully saturated rings. The predicted molar refractivity (Wildman–Crippen MR) is 105 cm³/mol. The lowest BCUT2D eigenvalue weighted by Crippen LogP contribution is -2.28. The fourth-order valence-corrected chi connectivity index (χ4v) is 3.03. The summed E-state index contributed by atoms with van der Waals surface area (Å²) in [6.45, 7) is 7.22. The summed E-state index contributed by atoms with van der Waals surface area (Å²) in [5.41, 5.74) is 5.58. The van der Waals surface area contributed by atoms with E-state index in [1.165, 1.54) is 18.4 Å². The lowest BCUT2D eigenvalue weighted by molar-refractivity contribution is 0.0472. The first-order chi connectivity index (χ1) is 12.5. The number of aliphatic imine (C=N–C) groups is 1. The van der Waals surface area contributed by atoms with Gasteiger partial charge in [-0.3, -0.25) is 0 Å². The molecule has 4 heteroatoms. The number of benzene rings is 2. The third-order valence-electron chi connectivity index (χ3n) is 4.68. The zero-order valence-corrected chi connectivity index (χ0v) is 15.8. The van der Waals surface area contributed by atoms with Crippen molar-refractivity contribution >= 4 is 17.5 Å². The second-order valence-corrected chi connectivity index (χ2v) is 6.96. The summed E-state index contributed by atoms with van der Waals surface area (Å²) in [5, 5.41) is 3.35. The van der Waals surface area contributed by atoms with E-state index in [-0.39, 0.29) is 12.6 Å². The number of nitrogens with zero attached hydrogens (tertiary/aromatic N) is 1. The van der Waals surface area contributed by atoms with Gasteiger partial charge in [0.1, 0.15) is 12.4 Å². The number of aryl methyl sites for hydroxylation is 3. The minimum absolute atomic E-state index is 0.283. The van der Waals surface area contributed by atoms with Gasteiger partial charge in [-0.15, -0.1) is 0 Å². The molecule has 0 aromatic heterocycles. The van der Waals surface area contributed by atoms with Crippen LogP contribution in [0.25, 0.3) is 0 Å². The molecule has 1 aliphatic rings. The monoisotopic (exact) mass is 350 g/mol. The third kappa shape index (κ3) is 4.51. The number of carbonyl (C=O) groups is 1. The Bertz CT molecular complexity index is 815. The zero-order valence-electron chi connectivity index (χ0n) is 15.8. The molecule has 0 amide bonds. The molecule has 3 rings (SSSR count). The number of carbonyl (C=O) groups excluding carboxylic acids is 1. The highest BCUT2D eigenvalue weighted by Crippen LogP contribution is 2.25. The van der Waals surface area contributed by atoms with E-state index >= 15 is 0 Å². The Morgan fingerprint density at radius 2 is 1.85 bits per heavy atom. The summed E-state index contributed by atoms with van der Waals surface area (Å²) in [5.74, 6) is 0.745. The van der Waals surface area contributed by atoms with Gasteiger partial charge in [-0.25, -0.2) is 9.79 Å². The molecule has 2 aromatic carbocycles. The third-order valence-corrected chi connectivity index (χ3v) is 4.68. The van der Waals surface area contributed by atoms with E-state index < -0.39 is 0 Å². The Hall–Kier alpha value is -2.62. The van der Waals surface area contributed by atoms with Crippen LogP contribution in [0.3, 0.4) is 0 Å². The standard InChI is InChI=1S/C22H26N2O2/c1-15-7-9-18(10-8-15)14-26-22(25)19-12-17(3)20(13-16(19)2)24-21-6-4-5-11-23-21/h7-10,12-13H,4-6,11,14H2,1-3H3,(H,23,24). The summed E-state index contributed by atoms with van der Waals surface area (Å²) in [6.07, 6.45) is 3.36. The normalized spacial score (nSPS) is 15.6. The van der Waals surface area contributed by atoms with E-state index in [9.17, 15) is 4.79 Å². The maximum Gasteiger partial charge on any atom is 0.338 e. The van der Waals surface area contributed by atoms with Gasteiger partial charge < -0.3 is 10.1 Å². The van der Waals surface area contributed by atoms with Gasteiger partial charge in [-0.2, -0.15) is 0 Å². The largest absolute Gasteiger partial charge is 0.457 e. The van der Waals surface area contributed by atoms with Crippen molar-refractivity contribution in [2.45, 2.75) is 46.6 Å². The Kier molecular flexibility index (Phi) is 5.71. The van der Waals surface area contributed by atoms with Crippen molar-refractivity contribution in [3.05, 3.63) is 64.2 Å². The molecule has 0 radical (unpaired) electrons. The van der Waals surface area contributed by atoms with E-state index in [0.717, 1.165) is 41.2 Å².